The molecule has 0 radical (unpaired) electrons. The molecule has 8 heteroatoms. The van der Waals surface area contributed by atoms with Crippen molar-refractivity contribution < 1.29 is 29.3 Å². The monoisotopic (exact) mass is 573 g/mol. The van der Waals surface area contributed by atoms with Crippen LogP contribution in [0.25, 0.3) is 6.08 Å². The van der Waals surface area contributed by atoms with Gasteiger partial charge >= 0.3 is 5.97 Å². The van der Waals surface area contributed by atoms with Crippen molar-refractivity contribution in [3.63, 3.8) is 0 Å². The minimum absolute atomic E-state index is 0.128. The van der Waals surface area contributed by atoms with Crippen molar-refractivity contribution in [2.45, 2.75) is 91.5 Å². The van der Waals surface area contributed by atoms with Gasteiger partial charge in [0.2, 0.25) is 0 Å². The molecule has 6 atom stereocenters. The maximum atomic E-state index is 13.6. The summed E-state index contributed by atoms with van der Waals surface area (Å²) in [5.74, 6) is -1.74. The summed E-state index contributed by atoms with van der Waals surface area (Å²) in [6.45, 7) is 17.4. The number of thiazole rings is 1. The lowest BCUT2D eigenvalue weighted by Crippen LogP contribution is -2.47. The number of aryl methyl sites for hydroxylation is 1. The Morgan fingerprint density at radius 2 is 2.00 bits per heavy atom. The maximum Gasteiger partial charge on any atom is 0.309 e. The molecule has 0 amide bonds. The molecule has 1 aliphatic rings. The van der Waals surface area contributed by atoms with Gasteiger partial charge in [-0.3, -0.25) is 9.59 Å². The number of aliphatic hydroxyl groups is 2. The zero-order chi connectivity index (χ0) is 29.9. The van der Waals surface area contributed by atoms with Gasteiger partial charge in [-0.2, -0.15) is 0 Å². The number of hydrogen-bond donors (Lipinski definition) is 2. The summed E-state index contributed by atoms with van der Waals surface area (Å²) >= 11 is 1.55. The van der Waals surface area contributed by atoms with Gasteiger partial charge in [0, 0.05) is 17.7 Å². The number of rotatable bonds is 8. The van der Waals surface area contributed by atoms with Crippen LogP contribution in [0.5, 0.6) is 0 Å². The molecule has 1 aromatic rings. The van der Waals surface area contributed by atoms with E-state index in [1.165, 1.54) is 0 Å². The summed E-state index contributed by atoms with van der Waals surface area (Å²) in [6.07, 6.45) is 7.00. The first-order valence-electron chi connectivity index (χ1n) is 14.1. The molecule has 2 N–H and O–H groups in total. The lowest BCUT2D eigenvalue weighted by atomic mass is 9.69. The van der Waals surface area contributed by atoms with Crippen molar-refractivity contribution in [1.82, 2.24) is 4.98 Å². The number of ether oxygens (including phenoxy) is 2. The summed E-state index contributed by atoms with van der Waals surface area (Å²) in [5.41, 5.74) is 1.41. The molecule has 2 heterocycles. The van der Waals surface area contributed by atoms with Crippen LogP contribution in [0.15, 0.2) is 47.9 Å². The van der Waals surface area contributed by atoms with Crippen molar-refractivity contribution in [3.05, 3.63) is 58.6 Å². The fourth-order valence-electron chi connectivity index (χ4n) is 5.16. The van der Waals surface area contributed by atoms with Gasteiger partial charge in [0.1, 0.15) is 11.9 Å². The Kier molecular flexibility index (Phi) is 13.7. The van der Waals surface area contributed by atoms with E-state index in [0.29, 0.717) is 19.6 Å². The molecule has 0 aromatic carbocycles. The van der Waals surface area contributed by atoms with Crippen molar-refractivity contribution in [2.24, 2.45) is 17.3 Å². The molecule has 222 valence electrons. The number of cyclic esters (lactones) is 1. The number of ketones is 1. The third kappa shape index (κ3) is 9.61. The molecule has 0 saturated heterocycles. The highest BCUT2D eigenvalue weighted by molar-refractivity contribution is 7.09. The van der Waals surface area contributed by atoms with Crippen LogP contribution in [-0.4, -0.2) is 58.5 Å². The molecule has 7 nitrogen and oxygen atoms in total. The Balaban J connectivity index is 2.46. The van der Waals surface area contributed by atoms with Gasteiger partial charge in [-0.05, 0) is 69.6 Å². The average molecular weight is 574 g/mol. The topological polar surface area (TPSA) is 106 Å². The van der Waals surface area contributed by atoms with Gasteiger partial charge in [-0.15, -0.1) is 24.5 Å². The highest BCUT2D eigenvalue weighted by atomic mass is 32.1. The molecule has 1 aromatic heterocycles. The molecule has 0 fully saturated rings. The molecule has 0 saturated carbocycles. The van der Waals surface area contributed by atoms with Crippen molar-refractivity contribution in [3.8, 4) is 0 Å². The van der Waals surface area contributed by atoms with Crippen molar-refractivity contribution in [1.29, 1.82) is 0 Å². The molecular weight excluding hydrogens is 526 g/mol. The van der Waals surface area contributed by atoms with Gasteiger partial charge in [-0.1, -0.05) is 32.1 Å². The Hall–Kier alpha value is -2.39. The first kappa shape index (κ1) is 33.8. The number of carbonyl (C=O) groups is 2. The molecule has 1 aliphatic heterocycles. The third-order valence-electron chi connectivity index (χ3n) is 7.83. The van der Waals surface area contributed by atoms with E-state index in [1.807, 2.05) is 32.2 Å². The second kappa shape index (κ2) is 16.2. The number of hydrogen-bond acceptors (Lipinski definition) is 8. The van der Waals surface area contributed by atoms with E-state index in [9.17, 15) is 19.8 Å². The van der Waals surface area contributed by atoms with E-state index in [-0.39, 0.29) is 24.5 Å². The number of Topliss-reactive ketones (excluding diaryl/α,β-unsaturated/α-hetero) is 1. The predicted octanol–water partition coefficient (Wildman–Crippen LogP) is 6.01. The van der Waals surface area contributed by atoms with Crippen LogP contribution in [0.4, 0.5) is 0 Å². The largest absolute Gasteiger partial charge is 0.457 e. The van der Waals surface area contributed by atoms with E-state index < -0.39 is 35.6 Å². The van der Waals surface area contributed by atoms with Crippen LogP contribution in [0.2, 0.25) is 0 Å². The number of carbonyl (C=O) groups excluding carboxylic acids is 2. The Morgan fingerprint density at radius 1 is 1.27 bits per heavy atom. The Morgan fingerprint density at radius 3 is 2.62 bits per heavy atom. The summed E-state index contributed by atoms with van der Waals surface area (Å²) < 4.78 is 11.7. The summed E-state index contributed by atoms with van der Waals surface area (Å²) in [4.78, 5) is 31.3. The van der Waals surface area contributed by atoms with Crippen LogP contribution in [0, 0.1) is 24.2 Å². The van der Waals surface area contributed by atoms with E-state index >= 15 is 0 Å². The SMILES string of the molecule is C=CCOC/C1=C/C[C@@H](/C(C)=C/c2csc(C)n2)OC(=O)C[C@H](O)[C@@](C)(CC=C)C(=O)[C@H](C)[C@@H](O)[C@@H](C)CCC1. The fourth-order valence-corrected chi connectivity index (χ4v) is 5.73. The summed E-state index contributed by atoms with van der Waals surface area (Å²) in [6, 6.07) is 0. The average Bonchev–Trinajstić information content (AvgIpc) is 3.32. The number of allylic oxidation sites excluding steroid dienone is 1. The standard InChI is InChI=1S/C32H47NO6S/c1-8-15-32(7)28(34)18-29(35)39-27(22(4)17-26-20-40-24(6)33-26)14-13-25(19-38-16-9-2)12-10-11-21(3)30(36)23(5)31(32)37/h8-9,13,17,20-21,23,27-28,30,34,36H,1-2,10-12,14-16,18-19H2,3-7H3/b22-17+,25-13+/t21-,23+,27-,28-,30-,32+/m0/s1. The van der Waals surface area contributed by atoms with Crippen LogP contribution in [0.1, 0.15) is 76.9 Å². The molecule has 40 heavy (non-hydrogen) atoms. The zero-order valence-electron chi connectivity index (χ0n) is 24.7. The first-order chi connectivity index (χ1) is 18.9. The quantitative estimate of drug-likeness (QED) is 0.223. The van der Waals surface area contributed by atoms with Crippen molar-refractivity contribution >= 4 is 29.2 Å². The minimum atomic E-state index is -1.30. The van der Waals surface area contributed by atoms with E-state index in [0.717, 1.165) is 41.1 Å². The summed E-state index contributed by atoms with van der Waals surface area (Å²) in [7, 11) is 0. The lowest BCUT2D eigenvalue weighted by Gasteiger charge is -2.36. The molecule has 2 rings (SSSR count). The zero-order valence-corrected chi connectivity index (χ0v) is 25.5. The fraction of sp³-hybridized carbons (Fsp3) is 0.594. The Bertz CT molecular complexity index is 1080. The highest BCUT2D eigenvalue weighted by Crippen LogP contribution is 2.36. The number of aliphatic hydroxyl groups excluding tert-OH is 2. The second-order valence-electron chi connectivity index (χ2n) is 11.2. The number of esters is 1. The van der Waals surface area contributed by atoms with Crippen LogP contribution >= 0.6 is 11.3 Å². The first-order valence-corrected chi connectivity index (χ1v) is 15.0. The van der Waals surface area contributed by atoms with Gasteiger partial charge in [0.25, 0.3) is 0 Å². The normalized spacial score (nSPS) is 31.2. The van der Waals surface area contributed by atoms with E-state index in [4.69, 9.17) is 9.47 Å². The third-order valence-corrected chi connectivity index (χ3v) is 8.62. The van der Waals surface area contributed by atoms with E-state index in [1.54, 1.807) is 37.3 Å². The van der Waals surface area contributed by atoms with Crippen LogP contribution in [-0.2, 0) is 19.1 Å². The second-order valence-corrected chi connectivity index (χ2v) is 12.3. The molecule has 0 aliphatic carbocycles. The molecular formula is C32H47NO6S. The molecule has 0 unspecified atom stereocenters. The van der Waals surface area contributed by atoms with Crippen molar-refractivity contribution in [2.75, 3.05) is 13.2 Å². The predicted molar refractivity (Wildman–Crippen MR) is 161 cm³/mol. The van der Waals surface area contributed by atoms with E-state index in [2.05, 4.69) is 24.2 Å². The van der Waals surface area contributed by atoms with Gasteiger partial charge < -0.3 is 19.7 Å². The van der Waals surface area contributed by atoms with Crippen LogP contribution < -0.4 is 0 Å². The smallest absolute Gasteiger partial charge is 0.309 e. The van der Waals surface area contributed by atoms with Gasteiger partial charge in [-0.25, -0.2) is 4.98 Å². The molecule has 0 bridgehead atoms. The summed E-state index contributed by atoms with van der Waals surface area (Å²) in [5, 5.41) is 25.1. The van der Waals surface area contributed by atoms with Gasteiger partial charge in [0.15, 0.2) is 0 Å². The van der Waals surface area contributed by atoms with Crippen LogP contribution in [0.3, 0.4) is 0 Å². The highest BCUT2D eigenvalue weighted by Gasteiger charge is 2.45. The minimum Gasteiger partial charge on any atom is -0.457 e. The Labute approximate surface area is 243 Å². The van der Waals surface area contributed by atoms with Gasteiger partial charge in [0.05, 0.1) is 48.0 Å². The molecule has 0 spiro atoms. The maximum absolute atomic E-state index is 13.6. The number of aromatic nitrogens is 1. The number of nitrogens with zero attached hydrogens (tertiary/aromatic N) is 1. The lowest BCUT2D eigenvalue weighted by molar-refractivity contribution is -0.154.